The van der Waals surface area contributed by atoms with Crippen LogP contribution >= 0.6 is 0 Å². The number of benzene rings is 1. The number of nitrogens with two attached hydrogens (primary N) is 1. The van der Waals surface area contributed by atoms with Crippen LogP contribution in [0.5, 0.6) is 5.75 Å². The van der Waals surface area contributed by atoms with Crippen LogP contribution in [0.25, 0.3) is 0 Å². The minimum Gasteiger partial charge on any atom is -0.506 e. The Labute approximate surface area is 108 Å². The molecule has 0 heterocycles. The Balaban J connectivity index is 1.74. The largest absolute Gasteiger partial charge is 0.506 e. The second kappa shape index (κ2) is 3.66. The minimum atomic E-state index is 0.265. The highest BCUT2D eigenvalue weighted by Crippen LogP contribution is 2.60. The molecule has 4 fully saturated rings. The number of hydrogen-bond donors (Lipinski definition) is 2. The Hall–Kier alpha value is -1.18. The fraction of sp³-hybridized carbons (Fsp3) is 0.625. The van der Waals surface area contributed by atoms with Crippen LogP contribution in [-0.2, 0) is 0 Å². The summed E-state index contributed by atoms with van der Waals surface area (Å²) >= 11 is 0. The van der Waals surface area contributed by atoms with Crippen molar-refractivity contribution in [2.45, 2.75) is 38.0 Å². The van der Waals surface area contributed by atoms with Crippen molar-refractivity contribution in [3.05, 3.63) is 23.8 Å². The zero-order valence-corrected chi connectivity index (χ0v) is 10.7. The molecule has 0 spiro atoms. The molecular weight excluding hydrogens is 222 g/mol. The van der Waals surface area contributed by atoms with Gasteiger partial charge in [0.1, 0.15) is 5.75 Å². The summed E-state index contributed by atoms with van der Waals surface area (Å²) in [6.45, 7) is 0. The van der Waals surface area contributed by atoms with E-state index in [1.54, 1.807) is 6.07 Å². The summed E-state index contributed by atoms with van der Waals surface area (Å²) < 4.78 is 0. The normalized spacial score (nSPS) is 41.2. The molecule has 0 aromatic heterocycles. The summed E-state index contributed by atoms with van der Waals surface area (Å²) in [5.74, 6) is 4.51. The lowest BCUT2D eigenvalue weighted by Crippen LogP contribution is -2.43. The molecule has 3 N–H and O–H groups in total. The fourth-order valence-corrected chi connectivity index (χ4v) is 5.29. The van der Waals surface area contributed by atoms with Crippen LogP contribution < -0.4 is 5.73 Å². The van der Waals surface area contributed by atoms with Gasteiger partial charge in [-0.1, -0.05) is 12.1 Å². The maximum atomic E-state index is 9.83. The van der Waals surface area contributed by atoms with Crippen molar-refractivity contribution in [1.82, 2.24) is 0 Å². The summed E-state index contributed by atoms with van der Waals surface area (Å²) in [5, 5.41) is 9.83. The molecule has 0 atom stereocenters. The van der Waals surface area contributed by atoms with Gasteiger partial charge in [-0.05, 0) is 73.3 Å². The van der Waals surface area contributed by atoms with Crippen molar-refractivity contribution < 1.29 is 5.11 Å². The van der Waals surface area contributed by atoms with Gasteiger partial charge in [0.05, 0.1) is 5.69 Å². The van der Waals surface area contributed by atoms with E-state index in [1.807, 2.05) is 6.07 Å². The van der Waals surface area contributed by atoms with E-state index in [4.69, 9.17) is 5.73 Å². The summed E-state index contributed by atoms with van der Waals surface area (Å²) in [7, 11) is 0. The maximum absolute atomic E-state index is 9.83. The fourth-order valence-electron chi connectivity index (χ4n) is 5.29. The van der Waals surface area contributed by atoms with Gasteiger partial charge < -0.3 is 10.8 Å². The van der Waals surface area contributed by atoms with Gasteiger partial charge in [-0.15, -0.1) is 0 Å². The predicted molar refractivity (Wildman–Crippen MR) is 72.3 cm³/mol. The predicted octanol–water partition coefficient (Wildman–Crippen LogP) is 3.51. The topological polar surface area (TPSA) is 46.2 Å². The average molecular weight is 243 g/mol. The van der Waals surface area contributed by atoms with Crippen LogP contribution in [-0.4, -0.2) is 5.11 Å². The highest BCUT2D eigenvalue weighted by atomic mass is 16.3. The smallest absolute Gasteiger partial charge is 0.138 e. The van der Waals surface area contributed by atoms with E-state index in [-0.39, 0.29) is 5.75 Å². The molecule has 0 radical (unpaired) electrons. The van der Waals surface area contributed by atoms with Crippen LogP contribution in [0, 0.1) is 23.7 Å². The van der Waals surface area contributed by atoms with Crippen LogP contribution in [0.2, 0.25) is 0 Å². The number of nitrogen functional groups attached to an aromatic ring is 1. The second-order valence-electron chi connectivity index (χ2n) is 6.74. The van der Waals surface area contributed by atoms with Crippen molar-refractivity contribution in [3.63, 3.8) is 0 Å². The molecule has 0 saturated heterocycles. The van der Waals surface area contributed by atoms with E-state index in [9.17, 15) is 5.11 Å². The summed E-state index contributed by atoms with van der Waals surface area (Å²) in [6, 6.07) is 5.79. The summed E-state index contributed by atoms with van der Waals surface area (Å²) in [4.78, 5) is 0. The maximum Gasteiger partial charge on any atom is 0.138 e. The van der Waals surface area contributed by atoms with Crippen molar-refractivity contribution in [2.75, 3.05) is 5.73 Å². The van der Waals surface area contributed by atoms with E-state index in [2.05, 4.69) is 6.07 Å². The third-order valence-corrected chi connectivity index (χ3v) is 5.70. The van der Waals surface area contributed by atoms with Gasteiger partial charge >= 0.3 is 0 Å². The number of anilines is 1. The molecule has 1 aromatic rings. The van der Waals surface area contributed by atoms with Gasteiger partial charge in [-0.2, -0.15) is 0 Å². The number of aromatic hydroxyl groups is 1. The third kappa shape index (κ3) is 1.41. The van der Waals surface area contributed by atoms with Gasteiger partial charge in [0.25, 0.3) is 0 Å². The lowest BCUT2D eigenvalue weighted by Gasteiger charge is -2.54. The molecule has 4 aliphatic rings. The summed E-state index contributed by atoms with van der Waals surface area (Å²) in [5.41, 5.74) is 7.97. The molecule has 18 heavy (non-hydrogen) atoms. The quantitative estimate of drug-likeness (QED) is 0.585. The van der Waals surface area contributed by atoms with Crippen LogP contribution in [0.3, 0.4) is 0 Å². The number of hydrogen-bond acceptors (Lipinski definition) is 2. The lowest BCUT2D eigenvalue weighted by molar-refractivity contribution is -0.00258. The van der Waals surface area contributed by atoms with Crippen molar-refractivity contribution >= 4 is 5.69 Å². The Morgan fingerprint density at radius 1 is 0.944 bits per heavy atom. The monoisotopic (exact) mass is 243 g/mol. The van der Waals surface area contributed by atoms with Gasteiger partial charge in [0.15, 0.2) is 0 Å². The van der Waals surface area contributed by atoms with Crippen LogP contribution in [0.4, 0.5) is 5.69 Å². The van der Waals surface area contributed by atoms with Gasteiger partial charge in [0, 0.05) is 0 Å². The van der Waals surface area contributed by atoms with E-state index in [0.29, 0.717) is 11.6 Å². The first-order valence-electron chi connectivity index (χ1n) is 7.29. The molecule has 5 rings (SSSR count). The first-order valence-corrected chi connectivity index (χ1v) is 7.29. The highest BCUT2D eigenvalue weighted by molar-refractivity contribution is 5.59. The van der Waals surface area contributed by atoms with Crippen LogP contribution in [0.1, 0.15) is 43.6 Å². The average Bonchev–Trinajstić information content (AvgIpc) is 2.33. The zero-order valence-electron chi connectivity index (χ0n) is 10.7. The molecule has 4 bridgehead atoms. The number of phenolic OH excluding ortho intramolecular Hbond substituents is 1. The molecule has 0 amide bonds. The van der Waals surface area contributed by atoms with Crippen LogP contribution in [0.15, 0.2) is 18.2 Å². The number of phenols is 1. The van der Waals surface area contributed by atoms with Gasteiger partial charge in [0.2, 0.25) is 0 Å². The van der Waals surface area contributed by atoms with Gasteiger partial charge in [-0.25, -0.2) is 0 Å². The Morgan fingerprint density at radius 3 is 2.17 bits per heavy atom. The Bertz CT molecular complexity index is 454. The van der Waals surface area contributed by atoms with Gasteiger partial charge in [-0.3, -0.25) is 0 Å². The first kappa shape index (κ1) is 10.7. The standard InChI is InChI=1S/C16H21NO/c17-16-13(2-1-3-14(16)18)15-11-5-9-4-10(7-11)8-12(15)6-9/h1-3,9-12,15,18H,4-8,17H2. The van der Waals surface area contributed by atoms with E-state index < -0.39 is 0 Å². The van der Waals surface area contributed by atoms with Crippen molar-refractivity contribution in [1.29, 1.82) is 0 Å². The van der Waals surface area contributed by atoms with Crippen molar-refractivity contribution in [2.24, 2.45) is 23.7 Å². The molecule has 2 nitrogen and oxygen atoms in total. The van der Waals surface area contributed by atoms with E-state index >= 15 is 0 Å². The highest BCUT2D eigenvalue weighted by Gasteiger charge is 2.49. The Kier molecular flexibility index (Phi) is 2.18. The first-order chi connectivity index (χ1) is 8.72. The number of para-hydroxylation sites is 1. The SMILES string of the molecule is Nc1c(O)cccc1C1C2CC3CC(C2)CC1C3. The van der Waals surface area contributed by atoms with Crippen molar-refractivity contribution in [3.8, 4) is 5.75 Å². The molecule has 4 aliphatic carbocycles. The molecule has 1 aromatic carbocycles. The molecule has 96 valence electrons. The number of rotatable bonds is 1. The zero-order chi connectivity index (χ0) is 12.3. The summed E-state index contributed by atoms with van der Waals surface area (Å²) in [6.07, 6.45) is 7.06. The molecule has 0 unspecified atom stereocenters. The third-order valence-electron chi connectivity index (χ3n) is 5.70. The Morgan fingerprint density at radius 2 is 1.56 bits per heavy atom. The van der Waals surface area contributed by atoms with E-state index in [0.717, 1.165) is 23.7 Å². The second-order valence-corrected chi connectivity index (χ2v) is 6.74. The van der Waals surface area contributed by atoms with E-state index in [1.165, 1.54) is 37.7 Å². The lowest BCUT2D eigenvalue weighted by atomic mass is 9.50. The molecular formula is C16H21NO. The minimum absolute atomic E-state index is 0.265. The molecule has 4 saturated carbocycles. The molecule has 2 heteroatoms. The molecule has 0 aliphatic heterocycles.